The number of sulfone groups is 1. The second-order valence-electron chi connectivity index (χ2n) is 4.67. The highest BCUT2D eigenvalue weighted by atomic mass is 32.2. The molecule has 1 saturated heterocycles. The monoisotopic (exact) mass is 325 g/mol. The van der Waals surface area contributed by atoms with Crippen molar-refractivity contribution < 1.29 is 21.6 Å². The Morgan fingerprint density at radius 3 is 2.40 bits per heavy atom. The third kappa shape index (κ3) is 4.90. The van der Waals surface area contributed by atoms with Gasteiger partial charge in [-0.15, -0.1) is 0 Å². The highest BCUT2D eigenvalue weighted by Gasteiger charge is 2.29. The van der Waals surface area contributed by atoms with Crippen LogP contribution in [0.25, 0.3) is 0 Å². The van der Waals surface area contributed by atoms with E-state index in [0.717, 1.165) is 6.42 Å². The number of hydrogen-bond acceptors (Lipinski definition) is 4. The molecular weight excluding hydrogens is 311 g/mol. The number of benzene rings is 1. The Labute approximate surface area is 119 Å². The molecule has 0 saturated carbocycles. The summed E-state index contributed by atoms with van der Waals surface area (Å²) in [6.07, 6.45) is 1.36. The van der Waals surface area contributed by atoms with E-state index in [-0.39, 0.29) is 34.2 Å². The summed E-state index contributed by atoms with van der Waals surface area (Å²) in [5.74, 6) is 0.290. The fourth-order valence-electron chi connectivity index (χ4n) is 2.13. The van der Waals surface area contributed by atoms with E-state index in [1.54, 1.807) is 0 Å². The number of hydrogen-bond donors (Lipinski definition) is 1. The SMILES string of the molecule is O=S1(=O)CCCC(Nc2ccc(SC(F)(F)F)cc2)C1. The van der Waals surface area contributed by atoms with Crippen LogP contribution >= 0.6 is 11.8 Å². The fourth-order valence-corrected chi connectivity index (χ4v) is 4.30. The van der Waals surface area contributed by atoms with E-state index in [2.05, 4.69) is 5.32 Å². The average molecular weight is 325 g/mol. The summed E-state index contributed by atoms with van der Waals surface area (Å²) in [5.41, 5.74) is -3.66. The quantitative estimate of drug-likeness (QED) is 0.866. The van der Waals surface area contributed by atoms with E-state index in [0.29, 0.717) is 12.1 Å². The molecule has 8 heteroatoms. The van der Waals surface area contributed by atoms with Crippen LogP contribution in [-0.4, -0.2) is 31.5 Å². The lowest BCUT2D eigenvalue weighted by Gasteiger charge is -2.24. The number of alkyl halides is 3. The Bertz CT molecular complexity index is 555. The number of halogens is 3. The van der Waals surface area contributed by atoms with Crippen LogP contribution in [0.15, 0.2) is 29.2 Å². The predicted molar refractivity (Wildman–Crippen MR) is 73.7 cm³/mol. The topological polar surface area (TPSA) is 46.2 Å². The van der Waals surface area contributed by atoms with Gasteiger partial charge in [0, 0.05) is 16.6 Å². The molecule has 0 aromatic heterocycles. The Hall–Kier alpha value is -0.890. The van der Waals surface area contributed by atoms with Crippen molar-refractivity contribution in [2.24, 2.45) is 0 Å². The molecule has 1 aliphatic heterocycles. The molecule has 0 amide bonds. The highest BCUT2D eigenvalue weighted by molar-refractivity contribution is 8.00. The first kappa shape index (κ1) is 15.5. The van der Waals surface area contributed by atoms with Crippen LogP contribution < -0.4 is 5.32 Å². The van der Waals surface area contributed by atoms with Gasteiger partial charge in [0.1, 0.15) is 0 Å². The summed E-state index contributed by atoms with van der Waals surface area (Å²) >= 11 is -0.168. The third-order valence-electron chi connectivity index (χ3n) is 2.92. The third-order valence-corrected chi connectivity index (χ3v) is 5.48. The van der Waals surface area contributed by atoms with Gasteiger partial charge in [-0.3, -0.25) is 0 Å². The molecule has 1 unspecified atom stereocenters. The van der Waals surface area contributed by atoms with Gasteiger partial charge in [-0.1, -0.05) is 0 Å². The summed E-state index contributed by atoms with van der Waals surface area (Å²) in [6.45, 7) is 0. The van der Waals surface area contributed by atoms with Crippen LogP contribution in [0.3, 0.4) is 0 Å². The van der Waals surface area contributed by atoms with Crippen molar-refractivity contribution in [3.8, 4) is 0 Å². The Balaban J connectivity index is 1.97. The Morgan fingerprint density at radius 2 is 1.85 bits per heavy atom. The molecular formula is C12H14F3NO2S2. The summed E-state index contributed by atoms with van der Waals surface area (Å²) in [6, 6.07) is 5.65. The highest BCUT2D eigenvalue weighted by Crippen LogP contribution is 2.37. The normalized spacial score (nSPS) is 22.4. The maximum atomic E-state index is 12.2. The van der Waals surface area contributed by atoms with Crippen LogP contribution in [-0.2, 0) is 9.84 Å². The minimum absolute atomic E-state index is 0.0754. The molecule has 112 valence electrons. The van der Waals surface area contributed by atoms with Gasteiger partial charge in [-0.05, 0) is 48.9 Å². The number of nitrogens with one attached hydrogen (secondary N) is 1. The molecule has 20 heavy (non-hydrogen) atoms. The van der Waals surface area contributed by atoms with Crippen molar-refractivity contribution in [1.82, 2.24) is 0 Å². The van der Waals surface area contributed by atoms with Gasteiger partial charge in [-0.25, -0.2) is 8.42 Å². The van der Waals surface area contributed by atoms with Crippen molar-refractivity contribution in [2.75, 3.05) is 16.8 Å². The molecule has 3 nitrogen and oxygen atoms in total. The summed E-state index contributed by atoms with van der Waals surface area (Å²) in [5, 5.41) is 3.06. The van der Waals surface area contributed by atoms with Crippen molar-refractivity contribution in [2.45, 2.75) is 29.3 Å². The maximum absolute atomic E-state index is 12.2. The Kier molecular flexibility index (Phi) is 4.53. The van der Waals surface area contributed by atoms with Gasteiger partial charge in [0.15, 0.2) is 9.84 Å². The van der Waals surface area contributed by atoms with Gasteiger partial charge in [0.05, 0.1) is 11.5 Å². The van der Waals surface area contributed by atoms with Crippen LogP contribution in [0.2, 0.25) is 0 Å². The van der Waals surface area contributed by atoms with Gasteiger partial charge in [0.2, 0.25) is 0 Å². The van der Waals surface area contributed by atoms with E-state index in [9.17, 15) is 21.6 Å². The number of thioether (sulfide) groups is 1. The van der Waals surface area contributed by atoms with Gasteiger partial charge >= 0.3 is 5.51 Å². The average Bonchev–Trinajstić information content (AvgIpc) is 2.28. The van der Waals surface area contributed by atoms with Crippen molar-refractivity contribution in [3.63, 3.8) is 0 Å². The molecule has 1 N–H and O–H groups in total. The molecule has 1 aromatic carbocycles. The maximum Gasteiger partial charge on any atom is 0.446 e. The first-order valence-corrected chi connectivity index (χ1v) is 8.70. The fraction of sp³-hybridized carbons (Fsp3) is 0.500. The Morgan fingerprint density at radius 1 is 1.20 bits per heavy atom. The van der Waals surface area contributed by atoms with Gasteiger partial charge < -0.3 is 5.32 Å². The largest absolute Gasteiger partial charge is 0.446 e. The molecule has 1 heterocycles. The molecule has 1 aliphatic rings. The molecule has 1 fully saturated rings. The first-order valence-electron chi connectivity index (χ1n) is 6.06. The smallest absolute Gasteiger partial charge is 0.381 e. The van der Waals surface area contributed by atoms with E-state index in [1.807, 2.05) is 0 Å². The lowest BCUT2D eigenvalue weighted by molar-refractivity contribution is -0.0328. The number of rotatable bonds is 3. The second kappa shape index (κ2) is 5.85. The first-order chi connectivity index (χ1) is 9.23. The van der Waals surface area contributed by atoms with Crippen molar-refractivity contribution in [1.29, 1.82) is 0 Å². The second-order valence-corrected chi connectivity index (χ2v) is 8.04. The zero-order valence-corrected chi connectivity index (χ0v) is 12.1. The lowest BCUT2D eigenvalue weighted by atomic mass is 10.2. The minimum atomic E-state index is -4.30. The predicted octanol–water partition coefficient (Wildman–Crippen LogP) is 3.29. The van der Waals surface area contributed by atoms with Crippen LogP contribution in [0.4, 0.5) is 18.9 Å². The minimum Gasteiger partial charge on any atom is -0.381 e. The van der Waals surface area contributed by atoms with E-state index in [4.69, 9.17) is 0 Å². The van der Waals surface area contributed by atoms with Crippen molar-refractivity contribution in [3.05, 3.63) is 24.3 Å². The van der Waals surface area contributed by atoms with Gasteiger partial charge in [-0.2, -0.15) is 13.2 Å². The van der Waals surface area contributed by atoms with E-state index >= 15 is 0 Å². The molecule has 1 aromatic rings. The van der Waals surface area contributed by atoms with Gasteiger partial charge in [0.25, 0.3) is 0 Å². The standard InChI is InChI=1S/C12H14F3NO2S2/c13-12(14,15)19-11-5-3-9(4-6-11)16-10-2-1-7-20(17,18)8-10/h3-6,10,16H,1-2,7-8H2. The lowest BCUT2D eigenvalue weighted by Crippen LogP contribution is -2.34. The molecule has 0 radical (unpaired) electrons. The van der Waals surface area contributed by atoms with Crippen LogP contribution in [0.5, 0.6) is 0 Å². The van der Waals surface area contributed by atoms with E-state index < -0.39 is 15.3 Å². The zero-order chi connectivity index (χ0) is 14.8. The summed E-state index contributed by atoms with van der Waals surface area (Å²) in [4.78, 5) is 0.110. The molecule has 1 atom stereocenters. The number of anilines is 1. The summed E-state index contributed by atoms with van der Waals surface area (Å²) < 4.78 is 59.5. The molecule has 0 spiro atoms. The molecule has 0 bridgehead atoms. The molecule has 0 aliphatic carbocycles. The van der Waals surface area contributed by atoms with E-state index in [1.165, 1.54) is 24.3 Å². The zero-order valence-electron chi connectivity index (χ0n) is 10.5. The van der Waals surface area contributed by atoms with Crippen LogP contribution in [0, 0.1) is 0 Å². The molecule has 2 rings (SSSR count). The summed E-state index contributed by atoms with van der Waals surface area (Å²) in [7, 11) is -3.00. The van der Waals surface area contributed by atoms with Crippen molar-refractivity contribution >= 4 is 27.3 Å². The van der Waals surface area contributed by atoms with Crippen LogP contribution in [0.1, 0.15) is 12.8 Å².